The summed E-state index contributed by atoms with van der Waals surface area (Å²) in [6.45, 7) is 5.51. The van der Waals surface area contributed by atoms with Crippen LogP contribution in [0.3, 0.4) is 0 Å². The Morgan fingerprint density at radius 1 is 1.50 bits per heavy atom. The second-order valence-corrected chi connectivity index (χ2v) is 3.78. The summed E-state index contributed by atoms with van der Waals surface area (Å²) < 4.78 is 2.04. The van der Waals surface area contributed by atoms with E-state index in [1.54, 1.807) is 11.3 Å². The summed E-state index contributed by atoms with van der Waals surface area (Å²) in [6.07, 6.45) is 0. The Hall–Kier alpha value is -0.810. The molecule has 0 spiro atoms. The van der Waals surface area contributed by atoms with E-state index in [0.717, 1.165) is 11.3 Å². The minimum atomic E-state index is 0.615. The first kappa shape index (κ1) is 9.28. The SMILES string of the molecule is Cc1s/c(=N/N)n(CCN)c1C. The van der Waals surface area contributed by atoms with E-state index in [-0.39, 0.29) is 0 Å². The molecule has 0 saturated heterocycles. The molecule has 1 aromatic heterocycles. The molecule has 0 aliphatic heterocycles. The molecule has 1 aromatic rings. The first-order valence-electron chi connectivity index (χ1n) is 3.81. The van der Waals surface area contributed by atoms with Crippen LogP contribution in [-0.4, -0.2) is 11.1 Å². The van der Waals surface area contributed by atoms with Crippen molar-refractivity contribution in [2.24, 2.45) is 16.7 Å². The average molecular weight is 186 g/mol. The smallest absolute Gasteiger partial charge is 0.207 e. The zero-order valence-corrected chi connectivity index (χ0v) is 8.19. The third kappa shape index (κ3) is 1.51. The molecule has 0 unspecified atom stereocenters. The average Bonchev–Trinajstić information content (AvgIpc) is 2.33. The lowest BCUT2D eigenvalue weighted by atomic mass is 10.4. The van der Waals surface area contributed by atoms with Crippen LogP contribution >= 0.6 is 11.3 Å². The minimum Gasteiger partial charge on any atom is -0.329 e. The summed E-state index contributed by atoms with van der Waals surface area (Å²) in [5, 5.41) is 3.70. The topological polar surface area (TPSA) is 69.3 Å². The molecule has 0 bridgehead atoms. The Balaban J connectivity index is 3.22. The van der Waals surface area contributed by atoms with Crippen molar-refractivity contribution >= 4 is 11.3 Å². The molecule has 0 saturated carbocycles. The van der Waals surface area contributed by atoms with Crippen LogP contribution in [-0.2, 0) is 6.54 Å². The second kappa shape index (κ2) is 3.73. The van der Waals surface area contributed by atoms with Crippen LogP contribution < -0.4 is 16.4 Å². The molecule has 12 heavy (non-hydrogen) atoms. The number of aryl methyl sites for hydroxylation is 1. The molecule has 0 aromatic carbocycles. The third-order valence-corrected chi connectivity index (χ3v) is 2.96. The van der Waals surface area contributed by atoms with Crippen LogP contribution in [0.25, 0.3) is 0 Å². The van der Waals surface area contributed by atoms with Gasteiger partial charge in [0.2, 0.25) is 4.80 Å². The fourth-order valence-corrected chi connectivity index (χ4v) is 2.01. The van der Waals surface area contributed by atoms with E-state index in [9.17, 15) is 0 Å². The molecule has 1 rings (SSSR count). The molecule has 0 aliphatic carbocycles. The normalized spacial score (nSPS) is 12.4. The Labute approximate surface area is 75.5 Å². The van der Waals surface area contributed by atoms with Gasteiger partial charge in [-0.1, -0.05) is 0 Å². The van der Waals surface area contributed by atoms with E-state index in [1.165, 1.54) is 10.6 Å². The van der Waals surface area contributed by atoms with E-state index in [4.69, 9.17) is 11.6 Å². The molecule has 0 radical (unpaired) electrons. The maximum atomic E-state index is 5.46. The quantitative estimate of drug-likeness (QED) is 0.500. The predicted octanol–water partition coefficient (Wildman–Crippen LogP) is -0.100. The van der Waals surface area contributed by atoms with Crippen LogP contribution in [0, 0.1) is 13.8 Å². The van der Waals surface area contributed by atoms with Gasteiger partial charge in [0.25, 0.3) is 0 Å². The minimum absolute atomic E-state index is 0.615. The van der Waals surface area contributed by atoms with Crippen LogP contribution in [0.5, 0.6) is 0 Å². The standard InChI is InChI=1S/C7H14N4S/c1-5-6(2)12-7(10-9)11(5)4-3-8/h3-4,8-9H2,1-2H3/b10-7+. The highest BCUT2D eigenvalue weighted by atomic mass is 32.1. The van der Waals surface area contributed by atoms with E-state index in [0.29, 0.717) is 6.54 Å². The Bertz CT molecular complexity index is 323. The van der Waals surface area contributed by atoms with E-state index in [1.807, 2.05) is 4.57 Å². The number of nitrogens with zero attached hydrogens (tertiary/aromatic N) is 2. The molecular weight excluding hydrogens is 172 g/mol. The first-order valence-corrected chi connectivity index (χ1v) is 4.63. The van der Waals surface area contributed by atoms with Gasteiger partial charge in [0.1, 0.15) is 0 Å². The molecule has 0 aliphatic rings. The van der Waals surface area contributed by atoms with Gasteiger partial charge >= 0.3 is 0 Å². The molecule has 5 heteroatoms. The molecule has 4 N–H and O–H groups in total. The lowest BCUT2D eigenvalue weighted by Crippen LogP contribution is -2.22. The van der Waals surface area contributed by atoms with Gasteiger partial charge in [-0.3, -0.25) is 0 Å². The summed E-state index contributed by atoms with van der Waals surface area (Å²) in [5.41, 5.74) is 6.67. The summed E-state index contributed by atoms with van der Waals surface area (Å²) >= 11 is 1.60. The largest absolute Gasteiger partial charge is 0.329 e. The molecule has 1 heterocycles. The van der Waals surface area contributed by atoms with Crippen molar-refractivity contribution in [3.05, 3.63) is 15.4 Å². The highest BCUT2D eigenvalue weighted by Gasteiger charge is 2.03. The van der Waals surface area contributed by atoms with Gasteiger partial charge in [0.15, 0.2) is 0 Å². The molecule has 0 atom stereocenters. The number of aromatic nitrogens is 1. The van der Waals surface area contributed by atoms with Crippen molar-refractivity contribution in [1.29, 1.82) is 0 Å². The molecule has 0 amide bonds. The number of rotatable bonds is 2. The maximum absolute atomic E-state index is 5.46. The Kier molecular flexibility index (Phi) is 2.88. The van der Waals surface area contributed by atoms with Gasteiger partial charge < -0.3 is 16.1 Å². The zero-order valence-electron chi connectivity index (χ0n) is 7.37. The highest BCUT2D eigenvalue weighted by Crippen LogP contribution is 2.08. The summed E-state index contributed by atoms with van der Waals surface area (Å²) in [6, 6.07) is 0. The monoisotopic (exact) mass is 186 g/mol. The van der Waals surface area contributed by atoms with Crippen molar-refractivity contribution in [1.82, 2.24) is 4.57 Å². The number of nitrogens with two attached hydrogens (primary N) is 2. The van der Waals surface area contributed by atoms with Gasteiger partial charge in [0.05, 0.1) is 0 Å². The van der Waals surface area contributed by atoms with Gasteiger partial charge in [-0.05, 0) is 13.8 Å². The van der Waals surface area contributed by atoms with Crippen LogP contribution in [0.1, 0.15) is 10.6 Å². The summed E-state index contributed by atoms with van der Waals surface area (Å²) in [7, 11) is 0. The van der Waals surface area contributed by atoms with Crippen molar-refractivity contribution in [3.63, 3.8) is 0 Å². The van der Waals surface area contributed by atoms with E-state index in [2.05, 4.69) is 18.9 Å². The van der Waals surface area contributed by atoms with Crippen molar-refractivity contribution in [2.75, 3.05) is 6.54 Å². The fourth-order valence-electron chi connectivity index (χ4n) is 1.09. The molecular formula is C7H14N4S. The Morgan fingerprint density at radius 2 is 2.17 bits per heavy atom. The second-order valence-electron chi connectivity index (χ2n) is 2.60. The highest BCUT2D eigenvalue weighted by molar-refractivity contribution is 7.09. The zero-order chi connectivity index (χ0) is 9.14. The summed E-state index contributed by atoms with van der Waals surface area (Å²) in [5.74, 6) is 5.24. The van der Waals surface area contributed by atoms with Crippen molar-refractivity contribution in [3.8, 4) is 0 Å². The van der Waals surface area contributed by atoms with Crippen LogP contribution in [0.2, 0.25) is 0 Å². The number of hydrogen-bond donors (Lipinski definition) is 2. The Morgan fingerprint density at radius 3 is 2.67 bits per heavy atom. The summed E-state index contributed by atoms with van der Waals surface area (Å²) in [4.78, 5) is 2.09. The van der Waals surface area contributed by atoms with Crippen molar-refractivity contribution in [2.45, 2.75) is 20.4 Å². The third-order valence-electron chi connectivity index (χ3n) is 1.85. The predicted molar refractivity (Wildman–Crippen MR) is 50.6 cm³/mol. The molecule has 68 valence electrons. The van der Waals surface area contributed by atoms with Crippen LogP contribution in [0.4, 0.5) is 0 Å². The maximum Gasteiger partial charge on any atom is 0.207 e. The van der Waals surface area contributed by atoms with Gasteiger partial charge in [0, 0.05) is 23.7 Å². The van der Waals surface area contributed by atoms with Crippen LogP contribution in [0.15, 0.2) is 5.10 Å². The van der Waals surface area contributed by atoms with E-state index < -0.39 is 0 Å². The van der Waals surface area contributed by atoms with Crippen molar-refractivity contribution < 1.29 is 0 Å². The fraction of sp³-hybridized carbons (Fsp3) is 0.571. The molecule has 4 nitrogen and oxygen atoms in total. The van der Waals surface area contributed by atoms with Gasteiger partial charge in [-0.15, -0.1) is 11.3 Å². The molecule has 0 fully saturated rings. The van der Waals surface area contributed by atoms with E-state index >= 15 is 0 Å². The lowest BCUT2D eigenvalue weighted by molar-refractivity contribution is 0.662. The number of thiazole rings is 1. The number of hydrogen-bond acceptors (Lipinski definition) is 4. The first-order chi connectivity index (χ1) is 5.70. The van der Waals surface area contributed by atoms with Gasteiger partial charge in [-0.25, -0.2) is 0 Å². The van der Waals surface area contributed by atoms with Gasteiger partial charge in [-0.2, -0.15) is 5.10 Å². The lowest BCUT2D eigenvalue weighted by Gasteiger charge is -2.02.